The Morgan fingerprint density at radius 3 is 3.00 bits per heavy atom. The number of aromatic nitrogens is 2. The van der Waals surface area contributed by atoms with E-state index in [2.05, 4.69) is 20.6 Å². The third kappa shape index (κ3) is 2.51. The van der Waals surface area contributed by atoms with Crippen LogP contribution in [-0.4, -0.2) is 15.9 Å². The highest BCUT2D eigenvalue weighted by atomic mass is 35.5. The van der Waals surface area contributed by atoms with Crippen LogP contribution in [0.25, 0.3) is 16.5 Å². The summed E-state index contributed by atoms with van der Waals surface area (Å²) in [4.78, 5) is 20.5. The molecule has 0 radical (unpaired) electrons. The number of fused-ring (bicyclic) bond motifs is 2. The molecule has 0 fully saturated rings. The first kappa shape index (κ1) is 13.7. The van der Waals surface area contributed by atoms with Gasteiger partial charge in [-0.25, -0.2) is 4.98 Å². The fourth-order valence-corrected chi connectivity index (χ4v) is 2.66. The van der Waals surface area contributed by atoms with Crippen molar-refractivity contribution in [2.75, 3.05) is 10.6 Å². The van der Waals surface area contributed by atoms with Gasteiger partial charge in [-0.1, -0.05) is 17.7 Å². The van der Waals surface area contributed by atoms with Crippen LogP contribution in [0.1, 0.15) is 5.56 Å². The maximum Gasteiger partial charge on any atom is 0.259 e. The Hall–Kier alpha value is -2.92. The highest BCUT2D eigenvalue weighted by molar-refractivity contribution is 6.33. The number of benzene rings is 1. The number of carbonyl (C=O) groups is 1. The van der Waals surface area contributed by atoms with Gasteiger partial charge in [0.25, 0.3) is 5.91 Å². The van der Waals surface area contributed by atoms with Crippen LogP contribution in [0.4, 0.5) is 11.5 Å². The molecular weight excluding hydrogens is 312 g/mol. The maximum atomic E-state index is 12.1. The first-order valence-electron chi connectivity index (χ1n) is 7.00. The Balaban J connectivity index is 1.67. The largest absolute Gasteiger partial charge is 0.361 e. The van der Waals surface area contributed by atoms with Crippen molar-refractivity contribution in [1.82, 2.24) is 9.97 Å². The van der Waals surface area contributed by atoms with Crippen molar-refractivity contribution in [3.05, 3.63) is 65.6 Å². The number of anilines is 2. The summed E-state index contributed by atoms with van der Waals surface area (Å²) < 4.78 is 0. The molecule has 5 nitrogen and oxygen atoms in total. The molecule has 1 aliphatic heterocycles. The van der Waals surface area contributed by atoms with Gasteiger partial charge in [0, 0.05) is 29.0 Å². The number of hydrogen-bond donors (Lipinski definition) is 2. The molecule has 0 saturated heterocycles. The number of nitrogens with zero attached hydrogens (tertiary/aromatic N) is 2. The summed E-state index contributed by atoms with van der Waals surface area (Å²) in [6, 6.07) is 13.1. The Morgan fingerprint density at radius 2 is 2.09 bits per heavy atom. The molecule has 23 heavy (non-hydrogen) atoms. The third-order valence-electron chi connectivity index (χ3n) is 3.61. The van der Waals surface area contributed by atoms with Crippen LogP contribution in [0.3, 0.4) is 0 Å². The van der Waals surface area contributed by atoms with Crippen LogP contribution >= 0.6 is 11.6 Å². The average Bonchev–Trinajstić information content (AvgIpc) is 2.87. The Morgan fingerprint density at radius 1 is 1.17 bits per heavy atom. The third-order valence-corrected chi connectivity index (χ3v) is 3.82. The van der Waals surface area contributed by atoms with Crippen LogP contribution in [0.2, 0.25) is 5.15 Å². The monoisotopic (exact) mass is 322 g/mol. The van der Waals surface area contributed by atoms with Crippen molar-refractivity contribution >= 4 is 45.5 Å². The van der Waals surface area contributed by atoms with Gasteiger partial charge in [0.05, 0.1) is 11.1 Å². The van der Waals surface area contributed by atoms with E-state index >= 15 is 0 Å². The van der Waals surface area contributed by atoms with Gasteiger partial charge in [-0.05, 0) is 36.4 Å². The van der Waals surface area contributed by atoms with Crippen LogP contribution in [0.15, 0.2) is 54.9 Å². The van der Waals surface area contributed by atoms with E-state index in [9.17, 15) is 4.79 Å². The second-order valence-electron chi connectivity index (χ2n) is 5.10. The van der Waals surface area contributed by atoms with E-state index in [0.29, 0.717) is 16.5 Å². The van der Waals surface area contributed by atoms with Crippen molar-refractivity contribution in [2.24, 2.45) is 0 Å². The topological polar surface area (TPSA) is 66.9 Å². The van der Waals surface area contributed by atoms with Crippen molar-refractivity contribution in [1.29, 1.82) is 0 Å². The predicted octanol–water partition coefficient (Wildman–Crippen LogP) is 3.69. The Labute approximate surface area is 137 Å². The predicted molar refractivity (Wildman–Crippen MR) is 91.2 cm³/mol. The summed E-state index contributed by atoms with van der Waals surface area (Å²) in [7, 11) is 0. The molecule has 0 aliphatic carbocycles. The zero-order chi connectivity index (χ0) is 15.8. The molecule has 2 aromatic heterocycles. The quantitative estimate of drug-likeness (QED) is 0.558. The molecule has 112 valence electrons. The minimum absolute atomic E-state index is 0.204. The fraction of sp³-hybridized carbons (Fsp3) is 0. The second kappa shape index (κ2) is 5.37. The van der Waals surface area contributed by atoms with Gasteiger partial charge in [-0.2, -0.15) is 0 Å². The SMILES string of the molecule is O=C1Nc2nc(Cl)ccc2C1=CNc1ccc2ncccc2c1. The van der Waals surface area contributed by atoms with Gasteiger partial charge < -0.3 is 10.6 Å². The molecule has 1 aliphatic rings. The summed E-state index contributed by atoms with van der Waals surface area (Å²) in [6.45, 7) is 0. The van der Waals surface area contributed by atoms with Crippen molar-refractivity contribution < 1.29 is 4.79 Å². The van der Waals surface area contributed by atoms with E-state index in [-0.39, 0.29) is 5.91 Å². The molecule has 0 saturated carbocycles. The maximum absolute atomic E-state index is 12.1. The van der Waals surface area contributed by atoms with E-state index in [4.69, 9.17) is 11.6 Å². The molecule has 1 amide bonds. The Kier molecular flexibility index (Phi) is 3.20. The van der Waals surface area contributed by atoms with E-state index < -0.39 is 0 Å². The van der Waals surface area contributed by atoms with Gasteiger partial charge in [0.1, 0.15) is 11.0 Å². The van der Waals surface area contributed by atoms with Crippen LogP contribution in [-0.2, 0) is 4.79 Å². The summed E-state index contributed by atoms with van der Waals surface area (Å²) in [5.74, 6) is 0.281. The van der Waals surface area contributed by atoms with Gasteiger partial charge in [0.15, 0.2) is 0 Å². The number of amides is 1. The smallest absolute Gasteiger partial charge is 0.259 e. The number of carbonyl (C=O) groups excluding carboxylic acids is 1. The van der Waals surface area contributed by atoms with E-state index in [1.165, 1.54) is 0 Å². The zero-order valence-electron chi connectivity index (χ0n) is 11.9. The highest BCUT2D eigenvalue weighted by Crippen LogP contribution is 2.31. The van der Waals surface area contributed by atoms with Crippen molar-refractivity contribution in [3.8, 4) is 0 Å². The molecular formula is C17H11ClN4O. The minimum atomic E-state index is -0.204. The fourth-order valence-electron chi connectivity index (χ4n) is 2.51. The normalized spacial score (nSPS) is 14.8. The molecule has 4 rings (SSSR count). The van der Waals surface area contributed by atoms with Crippen LogP contribution in [0.5, 0.6) is 0 Å². The lowest BCUT2D eigenvalue weighted by Crippen LogP contribution is -2.05. The molecule has 0 unspecified atom stereocenters. The first-order valence-corrected chi connectivity index (χ1v) is 7.38. The summed E-state index contributed by atoms with van der Waals surface area (Å²) in [5, 5.41) is 7.23. The summed E-state index contributed by atoms with van der Waals surface area (Å²) in [6.07, 6.45) is 3.43. The van der Waals surface area contributed by atoms with Crippen LogP contribution < -0.4 is 10.6 Å². The lowest BCUT2D eigenvalue weighted by atomic mass is 10.1. The lowest BCUT2D eigenvalue weighted by Gasteiger charge is -2.04. The number of halogens is 1. The summed E-state index contributed by atoms with van der Waals surface area (Å²) in [5.41, 5.74) is 3.06. The molecule has 6 heteroatoms. The molecule has 3 aromatic rings. The number of pyridine rings is 2. The van der Waals surface area contributed by atoms with Gasteiger partial charge >= 0.3 is 0 Å². The average molecular weight is 323 g/mol. The molecule has 2 N–H and O–H groups in total. The van der Waals surface area contributed by atoms with E-state index in [1.807, 2.05) is 30.3 Å². The number of nitrogens with one attached hydrogen (secondary N) is 2. The zero-order valence-corrected chi connectivity index (χ0v) is 12.6. The number of hydrogen-bond acceptors (Lipinski definition) is 4. The Bertz CT molecular complexity index is 968. The van der Waals surface area contributed by atoms with E-state index in [0.717, 1.165) is 22.2 Å². The molecule has 3 heterocycles. The standard InChI is InChI=1S/C17H11ClN4O/c18-15-6-4-12-13(17(23)22-16(12)21-15)9-20-11-3-5-14-10(8-11)2-1-7-19-14/h1-9,20H,(H,21,22,23). The first-order chi connectivity index (χ1) is 11.2. The van der Waals surface area contributed by atoms with Crippen molar-refractivity contribution in [3.63, 3.8) is 0 Å². The van der Waals surface area contributed by atoms with Crippen molar-refractivity contribution in [2.45, 2.75) is 0 Å². The van der Waals surface area contributed by atoms with Gasteiger partial charge in [0.2, 0.25) is 0 Å². The number of rotatable bonds is 2. The minimum Gasteiger partial charge on any atom is -0.361 e. The molecule has 0 bridgehead atoms. The van der Waals surface area contributed by atoms with Gasteiger partial charge in [-0.3, -0.25) is 9.78 Å². The molecule has 1 aromatic carbocycles. The van der Waals surface area contributed by atoms with Crippen LogP contribution in [0, 0.1) is 0 Å². The highest BCUT2D eigenvalue weighted by Gasteiger charge is 2.25. The molecule has 0 atom stereocenters. The summed E-state index contributed by atoms with van der Waals surface area (Å²) >= 11 is 5.84. The van der Waals surface area contributed by atoms with E-state index in [1.54, 1.807) is 24.5 Å². The van der Waals surface area contributed by atoms with Gasteiger partial charge in [-0.15, -0.1) is 0 Å². The lowest BCUT2D eigenvalue weighted by molar-refractivity contribution is -0.110. The second-order valence-corrected chi connectivity index (χ2v) is 5.48. The molecule has 0 spiro atoms.